The summed E-state index contributed by atoms with van der Waals surface area (Å²) in [5.41, 5.74) is 3.33. The highest BCUT2D eigenvalue weighted by molar-refractivity contribution is 6.34. The molecule has 0 atom stereocenters. The van der Waals surface area contributed by atoms with Crippen molar-refractivity contribution in [1.82, 2.24) is 24.7 Å². The summed E-state index contributed by atoms with van der Waals surface area (Å²) >= 11 is 5.90. The van der Waals surface area contributed by atoms with Crippen molar-refractivity contribution < 1.29 is 27.1 Å². The molecule has 0 aliphatic heterocycles. The molecule has 0 radical (unpaired) electrons. The van der Waals surface area contributed by atoms with Crippen molar-refractivity contribution in [3.05, 3.63) is 77.3 Å². The number of carbonyl (C=O) groups excluding carboxylic acids is 1. The highest BCUT2D eigenvalue weighted by Gasteiger charge is 2.40. The van der Waals surface area contributed by atoms with E-state index in [1.807, 2.05) is 0 Å². The fourth-order valence-corrected chi connectivity index (χ4v) is 3.00. The highest BCUT2D eigenvalue weighted by atomic mass is 35.5. The van der Waals surface area contributed by atoms with E-state index >= 15 is 0 Å². The smallest absolute Gasteiger partial charge is 0.434 e. The van der Waals surface area contributed by atoms with Crippen molar-refractivity contribution >= 4 is 29.0 Å². The summed E-state index contributed by atoms with van der Waals surface area (Å²) < 4.78 is 61.6. The van der Waals surface area contributed by atoms with E-state index in [-0.39, 0.29) is 33.8 Å². The molecular weight excluding hydrogens is 482 g/mol. The van der Waals surface area contributed by atoms with Gasteiger partial charge in [0.25, 0.3) is 5.91 Å². The van der Waals surface area contributed by atoms with E-state index in [9.17, 15) is 22.4 Å². The molecule has 34 heavy (non-hydrogen) atoms. The van der Waals surface area contributed by atoms with Gasteiger partial charge in [-0.15, -0.1) is 0 Å². The van der Waals surface area contributed by atoms with Crippen LogP contribution in [0.2, 0.25) is 5.02 Å². The highest BCUT2D eigenvalue weighted by Crippen LogP contribution is 2.35. The second-order valence-corrected chi connectivity index (χ2v) is 6.99. The quantitative estimate of drug-likeness (QED) is 0.393. The van der Waals surface area contributed by atoms with E-state index in [0.29, 0.717) is 4.68 Å². The first-order valence-electron chi connectivity index (χ1n) is 9.25. The fraction of sp³-hybridized carbons (Fsp3) is 0.0500. The first-order valence-corrected chi connectivity index (χ1v) is 9.63. The zero-order valence-corrected chi connectivity index (χ0v) is 17.5. The Labute approximate surface area is 193 Å². The summed E-state index contributed by atoms with van der Waals surface area (Å²) in [6.07, 6.45) is -0.549. The van der Waals surface area contributed by atoms with Crippen LogP contribution in [0.5, 0.6) is 11.6 Å². The van der Waals surface area contributed by atoms with Gasteiger partial charge in [-0.1, -0.05) is 11.6 Å². The summed E-state index contributed by atoms with van der Waals surface area (Å²) in [6, 6.07) is 5.97. The molecule has 0 saturated carbocycles. The standard InChI is InChI=1S/C20H12ClF4N7O2/c21-15-17(26)28-9-29-19(15)34-14-4-3-10(6-13(14)22)31-18(33)12-8-30-32(16(12)20(23,24)25)11-2-1-5-27-7-11/h1-9H,(H,31,33)(H2,26,28,29). The third-order valence-corrected chi connectivity index (χ3v) is 4.71. The van der Waals surface area contributed by atoms with Gasteiger partial charge in [0.15, 0.2) is 17.3 Å². The van der Waals surface area contributed by atoms with Crippen LogP contribution >= 0.6 is 11.6 Å². The second-order valence-electron chi connectivity index (χ2n) is 6.61. The number of alkyl halides is 3. The van der Waals surface area contributed by atoms with Crippen molar-refractivity contribution in [2.75, 3.05) is 11.1 Å². The molecule has 0 unspecified atom stereocenters. The third kappa shape index (κ3) is 4.59. The second kappa shape index (κ2) is 8.94. The Bertz CT molecular complexity index is 1360. The fourth-order valence-electron chi connectivity index (χ4n) is 2.86. The van der Waals surface area contributed by atoms with Crippen molar-refractivity contribution in [3.8, 4) is 17.3 Å². The van der Waals surface area contributed by atoms with Crippen LogP contribution in [0, 0.1) is 5.82 Å². The third-order valence-electron chi connectivity index (χ3n) is 4.35. The molecule has 3 N–H and O–H groups in total. The SMILES string of the molecule is Nc1ncnc(Oc2ccc(NC(=O)c3cnn(-c4cccnc4)c3C(F)(F)F)cc2F)c1Cl. The summed E-state index contributed by atoms with van der Waals surface area (Å²) in [6.45, 7) is 0. The van der Waals surface area contributed by atoms with Crippen LogP contribution in [0.15, 0.2) is 55.2 Å². The lowest BCUT2D eigenvalue weighted by Gasteiger charge is -2.13. The predicted octanol–water partition coefficient (Wildman–Crippen LogP) is 4.50. The van der Waals surface area contributed by atoms with Gasteiger partial charge in [-0.2, -0.15) is 23.3 Å². The lowest BCUT2D eigenvalue weighted by atomic mass is 10.2. The van der Waals surface area contributed by atoms with Crippen LogP contribution in [0.25, 0.3) is 5.69 Å². The number of nitrogens with one attached hydrogen (secondary N) is 1. The first-order chi connectivity index (χ1) is 16.1. The summed E-state index contributed by atoms with van der Waals surface area (Å²) in [5.74, 6) is -2.71. The Morgan fingerprint density at radius 1 is 1.18 bits per heavy atom. The minimum atomic E-state index is -4.92. The normalized spacial score (nSPS) is 11.3. The maximum Gasteiger partial charge on any atom is 0.434 e. The number of carbonyl (C=O) groups is 1. The molecule has 1 amide bonds. The number of hydrogen-bond acceptors (Lipinski definition) is 7. The molecule has 4 aromatic rings. The van der Waals surface area contributed by atoms with Gasteiger partial charge in [-0.05, 0) is 24.3 Å². The number of benzene rings is 1. The van der Waals surface area contributed by atoms with Crippen molar-refractivity contribution in [2.24, 2.45) is 0 Å². The number of nitrogens with two attached hydrogens (primary N) is 1. The Hall–Kier alpha value is -4.26. The monoisotopic (exact) mass is 493 g/mol. The van der Waals surface area contributed by atoms with Gasteiger partial charge in [-0.25, -0.2) is 14.1 Å². The van der Waals surface area contributed by atoms with Crippen LogP contribution in [-0.2, 0) is 6.18 Å². The Morgan fingerprint density at radius 3 is 2.65 bits per heavy atom. The lowest BCUT2D eigenvalue weighted by Crippen LogP contribution is -2.20. The summed E-state index contributed by atoms with van der Waals surface area (Å²) in [4.78, 5) is 23.8. The molecule has 1 aromatic carbocycles. The first kappa shape index (κ1) is 22.9. The van der Waals surface area contributed by atoms with Gasteiger partial charge in [-0.3, -0.25) is 9.78 Å². The molecule has 174 valence electrons. The van der Waals surface area contributed by atoms with Crippen LogP contribution in [0.4, 0.5) is 29.1 Å². The molecule has 0 fully saturated rings. The Kier molecular flexibility index (Phi) is 6.03. The number of rotatable bonds is 5. The molecule has 3 aromatic heterocycles. The largest absolute Gasteiger partial charge is 0.434 e. The number of anilines is 2. The van der Waals surface area contributed by atoms with Crippen LogP contribution in [0.1, 0.15) is 16.1 Å². The van der Waals surface area contributed by atoms with Gasteiger partial charge in [0.05, 0.1) is 23.6 Å². The summed E-state index contributed by atoms with van der Waals surface area (Å²) in [5, 5.41) is 5.75. The van der Waals surface area contributed by atoms with E-state index in [0.717, 1.165) is 30.9 Å². The van der Waals surface area contributed by atoms with Crippen LogP contribution in [0.3, 0.4) is 0 Å². The van der Waals surface area contributed by atoms with Gasteiger partial charge in [0, 0.05) is 18.0 Å². The summed E-state index contributed by atoms with van der Waals surface area (Å²) in [7, 11) is 0. The number of nitrogen functional groups attached to an aromatic ring is 1. The molecule has 0 spiro atoms. The van der Waals surface area contributed by atoms with E-state index in [2.05, 4.69) is 25.4 Å². The maximum atomic E-state index is 14.5. The maximum absolute atomic E-state index is 14.5. The van der Waals surface area contributed by atoms with E-state index in [1.165, 1.54) is 24.4 Å². The van der Waals surface area contributed by atoms with E-state index in [4.69, 9.17) is 22.1 Å². The van der Waals surface area contributed by atoms with Gasteiger partial charge in [0.2, 0.25) is 5.88 Å². The van der Waals surface area contributed by atoms with E-state index < -0.39 is 29.2 Å². The zero-order chi connectivity index (χ0) is 24.5. The number of nitrogens with zero attached hydrogens (tertiary/aromatic N) is 5. The Balaban J connectivity index is 1.59. The van der Waals surface area contributed by atoms with Gasteiger partial charge in [0.1, 0.15) is 17.2 Å². The lowest BCUT2D eigenvalue weighted by molar-refractivity contribution is -0.143. The van der Waals surface area contributed by atoms with Gasteiger partial charge >= 0.3 is 6.18 Å². The number of halogens is 5. The minimum absolute atomic E-state index is 0.00504. The molecule has 0 saturated heterocycles. The van der Waals surface area contributed by atoms with Crippen molar-refractivity contribution in [3.63, 3.8) is 0 Å². The number of ether oxygens (including phenoxy) is 1. The molecule has 3 heterocycles. The minimum Gasteiger partial charge on any atom is -0.434 e. The van der Waals surface area contributed by atoms with Crippen molar-refractivity contribution in [1.29, 1.82) is 0 Å². The molecule has 0 bridgehead atoms. The van der Waals surface area contributed by atoms with E-state index in [1.54, 1.807) is 0 Å². The predicted molar refractivity (Wildman–Crippen MR) is 112 cm³/mol. The van der Waals surface area contributed by atoms with Gasteiger partial charge < -0.3 is 15.8 Å². The number of aromatic nitrogens is 5. The average molecular weight is 494 g/mol. The van der Waals surface area contributed by atoms with Crippen LogP contribution < -0.4 is 15.8 Å². The molecule has 9 nitrogen and oxygen atoms in total. The Morgan fingerprint density at radius 2 is 1.97 bits per heavy atom. The molecular formula is C20H12ClF4N7O2. The van der Waals surface area contributed by atoms with Crippen LogP contribution in [-0.4, -0.2) is 30.6 Å². The molecule has 14 heteroatoms. The average Bonchev–Trinajstić information content (AvgIpc) is 3.25. The number of hydrogen-bond donors (Lipinski definition) is 2. The topological polar surface area (TPSA) is 121 Å². The molecule has 0 aliphatic carbocycles. The zero-order valence-electron chi connectivity index (χ0n) is 16.7. The molecule has 4 rings (SSSR count). The van der Waals surface area contributed by atoms with Crippen molar-refractivity contribution in [2.45, 2.75) is 6.18 Å². The number of pyridine rings is 1. The molecule has 0 aliphatic rings. The number of amides is 1.